The average Bonchev–Trinajstić information content (AvgIpc) is 3.71. The van der Waals surface area contributed by atoms with E-state index in [1.54, 1.807) is 38.1 Å². The zero-order chi connectivity index (χ0) is 33.4. The number of amides is 2. The number of ketones is 1. The number of Topliss-reactive ketones (excluding diaryl/α,β-unsaturated/α-hetero) is 1. The lowest BCUT2D eigenvalue weighted by Crippen LogP contribution is -2.54. The molecule has 2 amide bonds. The Balaban J connectivity index is 1.55. The molecular weight excluding hydrogens is 590 g/mol. The Kier molecular flexibility index (Phi) is 11.1. The minimum Gasteiger partial charge on any atom is -0.464 e. The molecular formula is C33H43N7O6. The van der Waals surface area contributed by atoms with E-state index >= 15 is 0 Å². The second kappa shape index (κ2) is 15.0. The van der Waals surface area contributed by atoms with Crippen LogP contribution in [0.15, 0.2) is 36.4 Å². The molecule has 4 rings (SSSR count). The number of H-pyrrole nitrogens is 1. The van der Waals surface area contributed by atoms with Gasteiger partial charge in [-0.15, -0.1) is 0 Å². The molecule has 5 N–H and O–H groups in total. The van der Waals surface area contributed by atoms with Gasteiger partial charge in [0.25, 0.3) is 0 Å². The lowest BCUT2D eigenvalue weighted by atomic mass is 9.78. The number of ether oxygens (including phenoxy) is 2. The third-order valence-electron chi connectivity index (χ3n) is 8.14. The van der Waals surface area contributed by atoms with Gasteiger partial charge in [-0.2, -0.15) is 0 Å². The van der Waals surface area contributed by atoms with Crippen LogP contribution in [0.4, 0.5) is 10.5 Å². The monoisotopic (exact) mass is 633 g/mol. The number of amidine groups is 1. The number of nitrogens with zero attached hydrogens (tertiary/aromatic N) is 2. The Morgan fingerprint density at radius 1 is 1.04 bits per heavy atom. The highest BCUT2D eigenvalue weighted by molar-refractivity contribution is 6.04. The lowest BCUT2D eigenvalue weighted by Gasteiger charge is -2.35. The number of aromatic nitrogens is 2. The molecule has 46 heavy (non-hydrogen) atoms. The third kappa shape index (κ3) is 7.71. The highest BCUT2D eigenvalue weighted by Crippen LogP contribution is 2.33. The van der Waals surface area contributed by atoms with Crippen LogP contribution in [-0.2, 0) is 35.8 Å². The zero-order valence-electron chi connectivity index (χ0n) is 27.0. The predicted octanol–water partition coefficient (Wildman–Crippen LogP) is 3.55. The maximum absolute atomic E-state index is 14.1. The summed E-state index contributed by atoms with van der Waals surface area (Å²) in [6, 6.07) is 9.67. The van der Waals surface area contributed by atoms with Crippen LogP contribution in [0.3, 0.4) is 0 Å². The predicted molar refractivity (Wildman–Crippen MR) is 174 cm³/mol. The number of nitrogens with one attached hydrogen (secondary N) is 5. The normalized spacial score (nSPS) is 14.8. The summed E-state index contributed by atoms with van der Waals surface area (Å²) in [6.45, 7) is 10.6. The van der Waals surface area contributed by atoms with Crippen molar-refractivity contribution in [2.75, 3.05) is 38.2 Å². The van der Waals surface area contributed by atoms with Gasteiger partial charge < -0.3 is 24.7 Å². The SMILES string of the molecule is CCOC(=O)NC(=N)c1ccc(NCc2nc3c(C)c(C(C)(CNC(C(C)=O)C(=O)OCC)C(=O)N4CCCC4)ccc3[nH]2)cc1. The number of aryl methyl sites for hydroxylation is 1. The molecule has 2 atom stereocenters. The second-order valence-corrected chi connectivity index (χ2v) is 11.5. The first-order valence-electron chi connectivity index (χ1n) is 15.5. The highest BCUT2D eigenvalue weighted by Gasteiger charge is 2.42. The fraction of sp³-hybridized carbons (Fsp3) is 0.455. The summed E-state index contributed by atoms with van der Waals surface area (Å²) in [5.41, 5.74) is 3.35. The van der Waals surface area contributed by atoms with Gasteiger partial charge in [0, 0.05) is 30.9 Å². The Labute approximate surface area is 268 Å². The number of likely N-dealkylation sites (tertiary alicyclic amines) is 1. The topological polar surface area (TPSA) is 179 Å². The van der Waals surface area contributed by atoms with E-state index in [0.717, 1.165) is 40.7 Å². The molecule has 0 spiro atoms. The van der Waals surface area contributed by atoms with E-state index in [2.05, 4.69) is 20.9 Å². The summed E-state index contributed by atoms with van der Waals surface area (Å²) in [6.07, 6.45) is 1.18. The van der Waals surface area contributed by atoms with Crippen molar-refractivity contribution in [2.45, 2.75) is 65.5 Å². The van der Waals surface area contributed by atoms with Crippen molar-refractivity contribution >= 4 is 46.3 Å². The van der Waals surface area contributed by atoms with E-state index in [0.29, 0.717) is 31.0 Å². The van der Waals surface area contributed by atoms with Crippen molar-refractivity contribution in [3.8, 4) is 0 Å². The minimum atomic E-state index is -1.17. The maximum Gasteiger partial charge on any atom is 0.412 e. The molecule has 0 aliphatic carbocycles. The molecule has 1 aliphatic rings. The first-order chi connectivity index (χ1) is 22.0. The number of fused-ring (bicyclic) bond motifs is 1. The highest BCUT2D eigenvalue weighted by atomic mass is 16.5. The number of rotatable bonds is 13. The first kappa shape index (κ1) is 34.1. The standard InChI is InChI=1S/C33H43N7O6/c1-6-45-30(42)28(21(4)41)36-19-33(5,31(43)40-16-8-9-17-40)24-14-15-25-27(20(24)3)38-26(37-25)18-35-23-12-10-22(11-13-23)29(34)39-32(44)46-7-2/h10-15,28,35-36H,6-9,16-19H2,1-5H3,(H,37,38)(H2,34,39,44). The van der Waals surface area contributed by atoms with Crippen LogP contribution < -0.4 is 16.0 Å². The van der Waals surface area contributed by atoms with Gasteiger partial charge in [-0.3, -0.25) is 25.6 Å². The van der Waals surface area contributed by atoms with E-state index in [9.17, 15) is 19.2 Å². The summed E-state index contributed by atoms with van der Waals surface area (Å²) in [7, 11) is 0. The number of anilines is 1. The van der Waals surface area contributed by atoms with Crippen molar-refractivity contribution in [3.63, 3.8) is 0 Å². The largest absolute Gasteiger partial charge is 0.464 e. The molecule has 1 saturated heterocycles. The van der Waals surface area contributed by atoms with E-state index in [1.165, 1.54) is 6.92 Å². The summed E-state index contributed by atoms with van der Waals surface area (Å²) in [5, 5.41) is 16.8. The summed E-state index contributed by atoms with van der Waals surface area (Å²) >= 11 is 0. The van der Waals surface area contributed by atoms with Crippen LogP contribution >= 0.6 is 0 Å². The van der Waals surface area contributed by atoms with Crippen LogP contribution in [0, 0.1) is 12.3 Å². The Morgan fingerprint density at radius 3 is 2.35 bits per heavy atom. The summed E-state index contributed by atoms with van der Waals surface area (Å²) in [4.78, 5) is 60.6. The quantitative estimate of drug-likeness (QED) is 0.0815. The molecule has 13 nitrogen and oxygen atoms in total. The molecule has 246 valence electrons. The van der Waals surface area contributed by atoms with Crippen LogP contribution in [-0.4, -0.2) is 83.3 Å². The zero-order valence-corrected chi connectivity index (χ0v) is 27.0. The lowest BCUT2D eigenvalue weighted by molar-refractivity contribution is -0.149. The van der Waals surface area contributed by atoms with E-state index < -0.39 is 23.5 Å². The molecule has 13 heteroatoms. The van der Waals surface area contributed by atoms with Gasteiger partial charge >= 0.3 is 12.1 Å². The molecule has 0 bridgehead atoms. The second-order valence-electron chi connectivity index (χ2n) is 11.5. The number of imidazole rings is 1. The maximum atomic E-state index is 14.1. The van der Waals surface area contributed by atoms with E-state index in [1.807, 2.05) is 30.9 Å². The molecule has 2 heterocycles. The van der Waals surface area contributed by atoms with Gasteiger partial charge in [0.05, 0.1) is 36.2 Å². The van der Waals surface area contributed by atoms with Crippen molar-refractivity contribution in [3.05, 3.63) is 58.9 Å². The summed E-state index contributed by atoms with van der Waals surface area (Å²) in [5.74, 6) is -0.494. The number of benzene rings is 2. The van der Waals surface area contributed by atoms with Crippen LogP contribution in [0.25, 0.3) is 11.0 Å². The fourth-order valence-electron chi connectivity index (χ4n) is 5.71. The van der Waals surface area contributed by atoms with Crippen LogP contribution in [0.2, 0.25) is 0 Å². The van der Waals surface area contributed by atoms with E-state index in [4.69, 9.17) is 19.9 Å². The molecule has 0 saturated carbocycles. The molecule has 1 aliphatic heterocycles. The third-order valence-corrected chi connectivity index (χ3v) is 8.14. The Bertz CT molecular complexity index is 1600. The fourth-order valence-corrected chi connectivity index (χ4v) is 5.71. The number of hydrogen-bond acceptors (Lipinski definition) is 10. The minimum absolute atomic E-state index is 0.0549. The Morgan fingerprint density at radius 2 is 1.72 bits per heavy atom. The van der Waals surface area contributed by atoms with Crippen molar-refractivity contribution in [1.29, 1.82) is 5.41 Å². The van der Waals surface area contributed by atoms with Crippen molar-refractivity contribution < 1.29 is 28.7 Å². The van der Waals surface area contributed by atoms with Crippen LogP contribution in [0.1, 0.15) is 63.1 Å². The number of hydrogen-bond donors (Lipinski definition) is 5. The van der Waals surface area contributed by atoms with Crippen LogP contribution in [0.5, 0.6) is 0 Å². The van der Waals surface area contributed by atoms with Gasteiger partial charge in [0.15, 0.2) is 11.8 Å². The number of alkyl carbamates (subject to hydrolysis) is 1. The van der Waals surface area contributed by atoms with Gasteiger partial charge in [-0.25, -0.2) is 14.6 Å². The summed E-state index contributed by atoms with van der Waals surface area (Å²) < 4.78 is 9.93. The molecule has 0 radical (unpaired) electrons. The van der Waals surface area contributed by atoms with E-state index in [-0.39, 0.29) is 37.3 Å². The number of carbonyl (C=O) groups excluding carboxylic acids is 4. The van der Waals surface area contributed by atoms with Gasteiger partial charge in [-0.05, 0) is 88.9 Å². The molecule has 1 fully saturated rings. The first-order valence-corrected chi connectivity index (χ1v) is 15.5. The molecule has 2 unspecified atom stereocenters. The molecule has 2 aromatic carbocycles. The molecule has 3 aromatic rings. The number of aromatic amines is 1. The van der Waals surface area contributed by atoms with Gasteiger partial charge in [0.1, 0.15) is 11.7 Å². The average molecular weight is 634 g/mol. The number of carbonyl (C=O) groups is 4. The van der Waals surface area contributed by atoms with Crippen molar-refractivity contribution in [2.24, 2.45) is 0 Å². The smallest absolute Gasteiger partial charge is 0.412 e. The molecule has 1 aromatic heterocycles. The van der Waals surface area contributed by atoms with Gasteiger partial charge in [0.2, 0.25) is 5.91 Å². The Hall–Kier alpha value is -4.78. The number of esters is 1. The van der Waals surface area contributed by atoms with Crippen molar-refractivity contribution in [1.82, 2.24) is 25.5 Å². The van der Waals surface area contributed by atoms with Gasteiger partial charge in [-0.1, -0.05) is 6.07 Å².